The van der Waals surface area contributed by atoms with Gasteiger partial charge in [0.15, 0.2) is 0 Å². The van der Waals surface area contributed by atoms with Crippen molar-refractivity contribution in [2.75, 3.05) is 0 Å². The van der Waals surface area contributed by atoms with Gasteiger partial charge in [-0.3, -0.25) is 0 Å². The maximum atomic E-state index is 9.24. The van der Waals surface area contributed by atoms with Crippen LogP contribution < -0.4 is 0 Å². The Hall–Kier alpha value is -1.54. The van der Waals surface area contributed by atoms with Crippen molar-refractivity contribution in [1.29, 1.82) is 0 Å². The maximum Gasteiger partial charge on any atom is 0.0699 e. The zero-order valence-electron chi connectivity index (χ0n) is 9.99. The predicted molar refractivity (Wildman–Crippen MR) is 66.2 cm³/mol. The molecule has 1 aromatic carbocycles. The van der Waals surface area contributed by atoms with Crippen LogP contribution in [-0.2, 0) is 13.7 Å². The van der Waals surface area contributed by atoms with E-state index in [-0.39, 0.29) is 6.61 Å². The maximum absolute atomic E-state index is 9.24. The first-order valence-corrected chi connectivity index (χ1v) is 5.46. The van der Waals surface area contributed by atoms with Crippen molar-refractivity contribution in [3.63, 3.8) is 0 Å². The fourth-order valence-corrected chi connectivity index (χ4v) is 2.00. The van der Waals surface area contributed by atoms with Crippen LogP contribution in [0.25, 0.3) is 11.3 Å². The summed E-state index contributed by atoms with van der Waals surface area (Å²) in [4.78, 5) is 0. The summed E-state index contributed by atoms with van der Waals surface area (Å²) in [6, 6.07) is 10.5. The Balaban J connectivity index is 2.56. The molecule has 0 radical (unpaired) electrons. The zero-order valence-corrected chi connectivity index (χ0v) is 9.99. The van der Waals surface area contributed by atoms with Crippen LogP contribution in [0, 0.1) is 13.8 Å². The van der Waals surface area contributed by atoms with Crippen LogP contribution in [0.3, 0.4) is 0 Å². The highest BCUT2D eigenvalue weighted by molar-refractivity contribution is 5.63. The average molecular weight is 215 g/mol. The predicted octanol–water partition coefficient (Wildman–Crippen LogP) is 2.80. The topological polar surface area (TPSA) is 25.2 Å². The van der Waals surface area contributed by atoms with E-state index in [0.717, 1.165) is 17.0 Å². The minimum absolute atomic E-state index is 0.103. The molecule has 0 amide bonds. The Morgan fingerprint density at radius 2 is 1.94 bits per heavy atom. The largest absolute Gasteiger partial charge is 0.392 e. The van der Waals surface area contributed by atoms with Gasteiger partial charge in [0.2, 0.25) is 0 Å². The minimum atomic E-state index is 0.103. The van der Waals surface area contributed by atoms with E-state index in [4.69, 9.17) is 0 Å². The average Bonchev–Trinajstić information content (AvgIpc) is 2.56. The number of hydrogen-bond acceptors (Lipinski definition) is 1. The van der Waals surface area contributed by atoms with Crippen LogP contribution in [0.1, 0.15) is 16.8 Å². The van der Waals surface area contributed by atoms with Crippen molar-refractivity contribution in [1.82, 2.24) is 4.57 Å². The van der Waals surface area contributed by atoms with Gasteiger partial charge in [-0.1, -0.05) is 23.8 Å². The standard InChI is InChI=1S/C14H17NO/c1-10-5-4-6-12(7-10)14-8-13(9-16)11(2)15(14)3/h4-8,16H,9H2,1-3H3. The molecule has 2 rings (SSSR count). The van der Waals surface area contributed by atoms with E-state index >= 15 is 0 Å². The SMILES string of the molecule is Cc1cccc(-c2cc(CO)c(C)n2C)c1. The fraction of sp³-hybridized carbons (Fsp3) is 0.286. The number of hydrogen-bond donors (Lipinski definition) is 1. The lowest BCUT2D eigenvalue weighted by Gasteiger charge is -2.06. The molecule has 0 bridgehead atoms. The lowest BCUT2D eigenvalue weighted by molar-refractivity contribution is 0.281. The molecule has 2 heteroatoms. The van der Waals surface area contributed by atoms with Gasteiger partial charge in [-0.2, -0.15) is 0 Å². The van der Waals surface area contributed by atoms with Crippen LogP contribution in [0.5, 0.6) is 0 Å². The molecular formula is C14H17NO. The third-order valence-electron chi connectivity index (χ3n) is 3.12. The molecule has 0 fully saturated rings. The molecule has 1 aromatic heterocycles. The highest BCUT2D eigenvalue weighted by Crippen LogP contribution is 2.25. The first-order chi connectivity index (χ1) is 7.63. The lowest BCUT2D eigenvalue weighted by Crippen LogP contribution is -1.95. The lowest BCUT2D eigenvalue weighted by atomic mass is 10.1. The fourth-order valence-electron chi connectivity index (χ4n) is 2.00. The van der Waals surface area contributed by atoms with Gasteiger partial charge in [-0.15, -0.1) is 0 Å². The van der Waals surface area contributed by atoms with Gasteiger partial charge in [0.05, 0.1) is 6.61 Å². The summed E-state index contributed by atoms with van der Waals surface area (Å²) >= 11 is 0. The number of benzene rings is 1. The number of aryl methyl sites for hydroxylation is 1. The first-order valence-electron chi connectivity index (χ1n) is 5.46. The molecule has 0 aliphatic rings. The van der Waals surface area contributed by atoms with Crippen LogP contribution in [-0.4, -0.2) is 9.67 Å². The van der Waals surface area contributed by atoms with Crippen molar-refractivity contribution < 1.29 is 5.11 Å². The highest BCUT2D eigenvalue weighted by atomic mass is 16.3. The summed E-state index contributed by atoms with van der Waals surface area (Å²) < 4.78 is 2.13. The Kier molecular flexibility index (Phi) is 2.84. The smallest absolute Gasteiger partial charge is 0.0699 e. The Morgan fingerprint density at radius 1 is 1.19 bits per heavy atom. The number of aliphatic hydroxyl groups is 1. The summed E-state index contributed by atoms with van der Waals surface area (Å²) in [5, 5.41) is 9.24. The van der Waals surface area contributed by atoms with Crippen molar-refractivity contribution in [3.05, 3.63) is 47.2 Å². The molecule has 16 heavy (non-hydrogen) atoms. The molecule has 84 valence electrons. The summed E-state index contributed by atoms with van der Waals surface area (Å²) in [6.45, 7) is 4.22. The highest BCUT2D eigenvalue weighted by Gasteiger charge is 2.09. The monoisotopic (exact) mass is 215 g/mol. The molecule has 2 aromatic rings. The van der Waals surface area contributed by atoms with Gasteiger partial charge in [0, 0.05) is 18.4 Å². The van der Waals surface area contributed by atoms with Gasteiger partial charge in [-0.25, -0.2) is 0 Å². The van der Waals surface area contributed by atoms with E-state index in [1.165, 1.54) is 11.1 Å². The van der Waals surface area contributed by atoms with E-state index in [0.29, 0.717) is 0 Å². The van der Waals surface area contributed by atoms with Gasteiger partial charge in [-0.05, 0) is 37.1 Å². The molecule has 0 aliphatic heterocycles. The van der Waals surface area contributed by atoms with Crippen molar-refractivity contribution in [2.24, 2.45) is 7.05 Å². The van der Waals surface area contributed by atoms with Crippen molar-refractivity contribution in [3.8, 4) is 11.3 Å². The number of aliphatic hydroxyl groups excluding tert-OH is 1. The Labute approximate surface area is 96.2 Å². The normalized spacial score (nSPS) is 10.8. The minimum Gasteiger partial charge on any atom is -0.392 e. The third kappa shape index (κ3) is 1.76. The summed E-state index contributed by atoms with van der Waals surface area (Å²) in [5.41, 5.74) is 5.73. The molecule has 0 unspecified atom stereocenters. The molecule has 1 heterocycles. The van der Waals surface area contributed by atoms with E-state index in [1.54, 1.807) is 0 Å². The molecule has 0 atom stereocenters. The summed E-state index contributed by atoms with van der Waals surface area (Å²) in [6.07, 6.45) is 0. The summed E-state index contributed by atoms with van der Waals surface area (Å²) in [5.74, 6) is 0. The van der Waals surface area contributed by atoms with E-state index < -0.39 is 0 Å². The van der Waals surface area contributed by atoms with E-state index in [2.05, 4.69) is 41.8 Å². The Morgan fingerprint density at radius 3 is 2.50 bits per heavy atom. The molecule has 1 N–H and O–H groups in total. The molecule has 0 saturated carbocycles. The van der Waals surface area contributed by atoms with Gasteiger partial charge < -0.3 is 9.67 Å². The molecule has 0 saturated heterocycles. The van der Waals surface area contributed by atoms with Crippen LogP contribution in [0.4, 0.5) is 0 Å². The van der Waals surface area contributed by atoms with Crippen molar-refractivity contribution in [2.45, 2.75) is 20.5 Å². The molecule has 0 aliphatic carbocycles. The summed E-state index contributed by atoms with van der Waals surface area (Å²) in [7, 11) is 2.03. The van der Waals surface area contributed by atoms with Gasteiger partial charge in [0.25, 0.3) is 0 Å². The number of aromatic nitrogens is 1. The van der Waals surface area contributed by atoms with Gasteiger partial charge in [0.1, 0.15) is 0 Å². The first kappa shape index (κ1) is 11.0. The third-order valence-corrected chi connectivity index (χ3v) is 3.12. The van der Waals surface area contributed by atoms with Crippen LogP contribution in [0.15, 0.2) is 30.3 Å². The van der Waals surface area contributed by atoms with Crippen LogP contribution >= 0.6 is 0 Å². The van der Waals surface area contributed by atoms with Crippen LogP contribution in [0.2, 0.25) is 0 Å². The van der Waals surface area contributed by atoms with Crippen molar-refractivity contribution >= 4 is 0 Å². The molecule has 0 spiro atoms. The second kappa shape index (κ2) is 4.14. The van der Waals surface area contributed by atoms with Gasteiger partial charge >= 0.3 is 0 Å². The quantitative estimate of drug-likeness (QED) is 0.818. The second-order valence-corrected chi connectivity index (χ2v) is 4.23. The number of nitrogens with zero attached hydrogens (tertiary/aromatic N) is 1. The Bertz CT molecular complexity index is 511. The van der Waals surface area contributed by atoms with E-state index in [9.17, 15) is 5.11 Å². The zero-order chi connectivity index (χ0) is 11.7. The second-order valence-electron chi connectivity index (χ2n) is 4.23. The number of rotatable bonds is 2. The van der Waals surface area contributed by atoms with E-state index in [1.807, 2.05) is 14.0 Å². The molecule has 2 nitrogen and oxygen atoms in total. The molecular weight excluding hydrogens is 198 g/mol.